The normalized spacial score (nSPS) is 17.9. The van der Waals surface area contributed by atoms with E-state index in [9.17, 15) is 14.0 Å². The fraction of sp³-hybridized carbons (Fsp3) is 0.370. The van der Waals surface area contributed by atoms with Crippen molar-refractivity contribution in [2.45, 2.75) is 38.6 Å². The van der Waals surface area contributed by atoms with E-state index >= 15 is 0 Å². The van der Waals surface area contributed by atoms with Crippen LogP contribution in [0.25, 0.3) is 0 Å². The van der Waals surface area contributed by atoms with Gasteiger partial charge in [0.15, 0.2) is 5.69 Å². The van der Waals surface area contributed by atoms with Crippen molar-refractivity contribution in [2.24, 2.45) is 5.92 Å². The molecule has 0 spiro atoms. The van der Waals surface area contributed by atoms with Crippen LogP contribution in [0.4, 0.5) is 4.39 Å². The first-order chi connectivity index (χ1) is 17.5. The molecule has 1 N–H and O–H groups in total. The lowest BCUT2D eigenvalue weighted by Gasteiger charge is -2.31. The number of halogens is 1. The summed E-state index contributed by atoms with van der Waals surface area (Å²) in [5.41, 5.74) is 3.00. The van der Waals surface area contributed by atoms with Crippen LogP contribution in [-0.4, -0.2) is 46.5 Å². The monoisotopic (exact) mass is 492 g/mol. The number of likely N-dealkylation sites (tertiary alicyclic amines) is 1. The zero-order chi connectivity index (χ0) is 25.1. The summed E-state index contributed by atoms with van der Waals surface area (Å²) < 4.78 is 26.4. The Balaban J connectivity index is 1.14. The minimum Gasteiger partial charge on any atom is -0.497 e. The number of hydrogen-bond acceptors (Lipinski definition) is 5. The van der Waals surface area contributed by atoms with Crippen molar-refractivity contribution in [1.82, 2.24) is 19.8 Å². The molecule has 5 rings (SSSR count). The van der Waals surface area contributed by atoms with Gasteiger partial charge in [-0.1, -0.05) is 24.3 Å². The molecule has 1 saturated heterocycles. The number of nitrogens with one attached hydrogen (secondary N) is 1. The van der Waals surface area contributed by atoms with Crippen LogP contribution >= 0.6 is 0 Å². The van der Waals surface area contributed by atoms with Crippen LogP contribution in [0.3, 0.4) is 0 Å². The Labute approximate surface area is 209 Å². The smallest absolute Gasteiger partial charge is 0.274 e. The number of carbonyl (C=O) groups is 2. The molecule has 188 valence electrons. The fourth-order valence-electron chi connectivity index (χ4n) is 4.80. The van der Waals surface area contributed by atoms with E-state index in [1.54, 1.807) is 30.5 Å². The first-order valence-electron chi connectivity index (χ1n) is 12.1. The molecule has 2 aromatic carbocycles. The molecule has 1 aromatic heterocycles. The molecular weight excluding hydrogens is 463 g/mol. The molecule has 0 radical (unpaired) electrons. The molecule has 2 aliphatic rings. The Hall–Kier alpha value is -3.72. The zero-order valence-electron chi connectivity index (χ0n) is 20.2. The van der Waals surface area contributed by atoms with Crippen molar-refractivity contribution in [3.05, 3.63) is 83.2 Å². The van der Waals surface area contributed by atoms with E-state index < -0.39 is 0 Å². The van der Waals surface area contributed by atoms with Gasteiger partial charge in [0, 0.05) is 25.6 Å². The second-order valence-corrected chi connectivity index (χ2v) is 9.18. The molecule has 0 bridgehead atoms. The van der Waals surface area contributed by atoms with Crippen LogP contribution in [-0.2, 0) is 29.2 Å². The topological polar surface area (TPSA) is 85.7 Å². The first kappa shape index (κ1) is 24.0. The van der Waals surface area contributed by atoms with Crippen LogP contribution in [0.2, 0.25) is 0 Å². The van der Waals surface area contributed by atoms with Gasteiger partial charge in [-0.05, 0) is 48.2 Å². The standard InChI is InChI=1S/C27H29FN4O4/c1-35-22-4-2-3-18(13-22)14-29-26(33)20-9-11-31(12-10-20)27(34)25-23-16-36-24(15-32(23)17-30-25)19-5-7-21(28)8-6-19/h2-8,13,17,20,24H,9-12,14-16H2,1H3,(H,29,33)/t24-/m0/s1. The number of benzene rings is 2. The van der Waals surface area contributed by atoms with Crippen molar-refractivity contribution in [1.29, 1.82) is 0 Å². The van der Waals surface area contributed by atoms with Crippen LogP contribution in [0.15, 0.2) is 54.9 Å². The third-order valence-corrected chi connectivity index (χ3v) is 6.93. The number of methoxy groups -OCH3 is 1. The minimum absolute atomic E-state index is 0.00419. The van der Waals surface area contributed by atoms with Gasteiger partial charge in [0.05, 0.1) is 32.3 Å². The second-order valence-electron chi connectivity index (χ2n) is 9.18. The predicted octanol–water partition coefficient (Wildman–Crippen LogP) is 3.47. The third kappa shape index (κ3) is 5.11. The summed E-state index contributed by atoms with van der Waals surface area (Å²) in [6, 6.07) is 13.9. The average Bonchev–Trinajstić information content (AvgIpc) is 3.35. The Morgan fingerprint density at radius 2 is 1.94 bits per heavy atom. The summed E-state index contributed by atoms with van der Waals surface area (Å²) >= 11 is 0. The molecule has 3 aromatic rings. The molecule has 36 heavy (non-hydrogen) atoms. The maximum atomic E-state index is 13.2. The fourth-order valence-corrected chi connectivity index (χ4v) is 4.80. The number of piperidine rings is 1. The summed E-state index contributed by atoms with van der Waals surface area (Å²) in [6.07, 6.45) is 2.66. The van der Waals surface area contributed by atoms with E-state index in [4.69, 9.17) is 9.47 Å². The maximum absolute atomic E-state index is 13.2. The van der Waals surface area contributed by atoms with Gasteiger partial charge in [0.2, 0.25) is 5.91 Å². The van der Waals surface area contributed by atoms with E-state index in [1.807, 2.05) is 28.8 Å². The van der Waals surface area contributed by atoms with Crippen molar-refractivity contribution in [3.8, 4) is 5.75 Å². The van der Waals surface area contributed by atoms with Gasteiger partial charge in [0.25, 0.3) is 5.91 Å². The molecule has 8 nitrogen and oxygen atoms in total. The van der Waals surface area contributed by atoms with Gasteiger partial charge >= 0.3 is 0 Å². The molecule has 1 atom stereocenters. The molecular formula is C27H29FN4O4. The maximum Gasteiger partial charge on any atom is 0.274 e. The lowest BCUT2D eigenvalue weighted by molar-refractivity contribution is -0.126. The van der Waals surface area contributed by atoms with Crippen molar-refractivity contribution in [2.75, 3.05) is 20.2 Å². The SMILES string of the molecule is COc1cccc(CNC(=O)C2CCN(C(=O)c3ncn4c3CO[C@H](c3ccc(F)cc3)C4)CC2)c1. The summed E-state index contributed by atoms with van der Waals surface area (Å²) in [6.45, 7) is 2.21. The van der Waals surface area contributed by atoms with Crippen LogP contribution < -0.4 is 10.1 Å². The number of rotatable bonds is 6. The number of hydrogen-bond donors (Lipinski definition) is 1. The first-order valence-corrected chi connectivity index (χ1v) is 12.1. The van der Waals surface area contributed by atoms with Crippen LogP contribution in [0, 0.1) is 11.7 Å². The highest BCUT2D eigenvalue weighted by molar-refractivity contribution is 5.93. The van der Waals surface area contributed by atoms with Gasteiger partial charge in [0.1, 0.15) is 17.7 Å². The highest BCUT2D eigenvalue weighted by atomic mass is 19.1. The Kier molecular flexibility index (Phi) is 6.99. The van der Waals surface area contributed by atoms with E-state index in [0.29, 0.717) is 44.7 Å². The van der Waals surface area contributed by atoms with Gasteiger partial charge in [-0.2, -0.15) is 0 Å². The van der Waals surface area contributed by atoms with E-state index in [-0.39, 0.29) is 36.3 Å². The number of ether oxygens (including phenoxy) is 2. The summed E-state index contributed by atoms with van der Waals surface area (Å²) in [4.78, 5) is 32.1. The zero-order valence-corrected chi connectivity index (χ0v) is 20.2. The number of fused-ring (bicyclic) bond motifs is 1. The lowest BCUT2D eigenvalue weighted by atomic mass is 9.95. The molecule has 0 aliphatic carbocycles. The summed E-state index contributed by atoms with van der Waals surface area (Å²) in [5.74, 6) is 0.206. The van der Waals surface area contributed by atoms with E-state index in [2.05, 4.69) is 10.3 Å². The van der Waals surface area contributed by atoms with E-state index in [0.717, 1.165) is 22.6 Å². The summed E-state index contributed by atoms with van der Waals surface area (Å²) in [7, 11) is 1.62. The highest BCUT2D eigenvalue weighted by Crippen LogP contribution is 2.29. The summed E-state index contributed by atoms with van der Waals surface area (Å²) in [5, 5.41) is 3.00. The Morgan fingerprint density at radius 1 is 1.17 bits per heavy atom. The Morgan fingerprint density at radius 3 is 2.69 bits per heavy atom. The Bertz CT molecular complexity index is 1230. The second kappa shape index (κ2) is 10.5. The van der Waals surface area contributed by atoms with E-state index in [1.165, 1.54) is 12.1 Å². The molecule has 9 heteroatoms. The number of imidazole rings is 1. The molecule has 0 saturated carbocycles. The van der Waals surface area contributed by atoms with Gasteiger partial charge in [-0.25, -0.2) is 9.37 Å². The number of aromatic nitrogens is 2. The molecule has 1 fully saturated rings. The van der Waals surface area contributed by atoms with Gasteiger partial charge < -0.3 is 24.3 Å². The van der Waals surface area contributed by atoms with Crippen LogP contribution in [0.5, 0.6) is 5.75 Å². The number of nitrogens with zero attached hydrogens (tertiary/aromatic N) is 3. The van der Waals surface area contributed by atoms with Crippen molar-refractivity contribution >= 4 is 11.8 Å². The molecule has 2 aliphatic heterocycles. The van der Waals surface area contributed by atoms with Gasteiger partial charge in [-0.15, -0.1) is 0 Å². The lowest BCUT2D eigenvalue weighted by Crippen LogP contribution is -2.43. The highest BCUT2D eigenvalue weighted by Gasteiger charge is 2.32. The average molecular weight is 493 g/mol. The largest absolute Gasteiger partial charge is 0.497 e. The third-order valence-electron chi connectivity index (χ3n) is 6.93. The molecule has 0 unspecified atom stereocenters. The predicted molar refractivity (Wildman–Crippen MR) is 130 cm³/mol. The number of carbonyl (C=O) groups excluding carboxylic acids is 2. The van der Waals surface area contributed by atoms with Crippen molar-refractivity contribution < 1.29 is 23.5 Å². The minimum atomic E-state index is -0.288. The number of amides is 2. The molecule has 3 heterocycles. The van der Waals surface area contributed by atoms with Gasteiger partial charge in [-0.3, -0.25) is 9.59 Å². The van der Waals surface area contributed by atoms with Crippen molar-refractivity contribution in [3.63, 3.8) is 0 Å². The van der Waals surface area contributed by atoms with Crippen LogP contribution in [0.1, 0.15) is 46.3 Å². The molecule has 2 amide bonds. The quantitative estimate of drug-likeness (QED) is 0.570.